The standard InChI is InChI=1S/C58H41IN2/c59-54-25-12-23-51(57(54)43-15-3-1-4-16-43)42-32-36-49(37-33-42)60(48-34-30-41(31-35-48)45-29-28-40-14-7-8-17-44(40)38-45)50-21-11-18-46(39-50)52-24-13-27-56-58(52)53-22-9-10-26-55(53)61(56)47-19-5-2-6-20-47/h1-39,54,57H. The summed E-state index contributed by atoms with van der Waals surface area (Å²) < 4.78 is 2.76. The molecule has 0 saturated carbocycles. The van der Waals surface area contributed by atoms with E-state index in [2.05, 4.69) is 269 Å². The maximum atomic E-state index is 2.59. The molecule has 0 saturated heterocycles. The number of fused-ring (bicyclic) bond motifs is 4. The number of anilines is 3. The summed E-state index contributed by atoms with van der Waals surface area (Å²) in [5, 5.41) is 5.00. The lowest BCUT2D eigenvalue weighted by molar-refractivity contribution is 0.915. The van der Waals surface area contributed by atoms with Gasteiger partial charge in [-0.25, -0.2) is 0 Å². The second-order valence-electron chi connectivity index (χ2n) is 15.8. The van der Waals surface area contributed by atoms with E-state index in [9.17, 15) is 0 Å². The van der Waals surface area contributed by atoms with Crippen LogP contribution in [0.5, 0.6) is 0 Å². The van der Waals surface area contributed by atoms with Crippen molar-refractivity contribution in [2.75, 3.05) is 4.90 Å². The molecule has 9 aromatic carbocycles. The van der Waals surface area contributed by atoms with Gasteiger partial charge in [-0.2, -0.15) is 0 Å². The molecule has 1 heterocycles. The van der Waals surface area contributed by atoms with Gasteiger partial charge in [0.2, 0.25) is 0 Å². The average molecular weight is 893 g/mol. The Kier molecular flexibility index (Phi) is 9.67. The van der Waals surface area contributed by atoms with Crippen LogP contribution in [0.25, 0.3) is 66.1 Å². The number of allylic oxidation sites excluding steroid dienone is 4. The SMILES string of the molecule is IC1C=CC=C(c2ccc(N(c3ccc(-c4ccc5ccccc5c4)cc3)c3cccc(-c4cccc5c4c4ccccc4n5-c4ccccc4)c3)cc2)C1c1ccccc1. The molecule has 10 aromatic rings. The molecule has 0 radical (unpaired) electrons. The number of rotatable bonds is 8. The van der Waals surface area contributed by atoms with Crippen molar-refractivity contribution in [1.29, 1.82) is 0 Å². The second kappa shape index (κ2) is 15.9. The van der Waals surface area contributed by atoms with E-state index in [0.29, 0.717) is 3.92 Å². The fourth-order valence-electron chi connectivity index (χ4n) is 9.30. The number of hydrogen-bond donors (Lipinski definition) is 0. The van der Waals surface area contributed by atoms with E-state index in [-0.39, 0.29) is 5.92 Å². The van der Waals surface area contributed by atoms with Crippen LogP contribution in [0, 0.1) is 0 Å². The van der Waals surface area contributed by atoms with Gasteiger partial charge in [-0.1, -0.05) is 192 Å². The molecule has 0 aliphatic heterocycles. The van der Waals surface area contributed by atoms with Gasteiger partial charge in [0.15, 0.2) is 0 Å². The van der Waals surface area contributed by atoms with Gasteiger partial charge in [-0.3, -0.25) is 0 Å². The zero-order chi connectivity index (χ0) is 40.7. The number of nitrogens with zero attached hydrogens (tertiary/aromatic N) is 2. The van der Waals surface area contributed by atoms with E-state index < -0.39 is 0 Å². The van der Waals surface area contributed by atoms with E-state index in [0.717, 1.165) is 22.7 Å². The normalized spacial score (nSPS) is 15.0. The van der Waals surface area contributed by atoms with Crippen LogP contribution in [0.15, 0.2) is 237 Å². The lowest BCUT2D eigenvalue weighted by atomic mass is 9.82. The number of aromatic nitrogens is 1. The average Bonchev–Trinajstić information content (AvgIpc) is 3.67. The highest BCUT2D eigenvalue weighted by molar-refractivity contribution is 14.1. The monoisotopic (exact) mass is 892 g/mol. The van der Waals surface area contributed by atoms with Crippen LogP contribution < -0.4 is 4.90 Å². The summed E-state index contributed by atoms with van der Waals surface area (Å²) in [5.41, 5.74) is 15.6. The number of halogens is 1. The molecule has 2 unspecified atom stereocenters. The second-order valence-corrected chi connectivity index (χ2v) is 17.2. The van der Waals surface area contributed by atoms with Crippen molar-refractivity contribution in [3.05, 3.63) is 248 Å². The molecule has 1 aliphatic rings. The third kappa shape index (κ3) is 6.85. The van der Waals surface area contributed by atoms with Crippen LogP contribution >= 0.6 is 22.6 Å². The quantitative estimate of drug-likeness (QED) is 0.109. The Morgan fingerprint density at radius 3 is 1.87 bits per heavy atom. The van der Waals surface area contributed by atoms with Gasteiger partial charge in [0.25, 0.3) is 0 Å². The lowest BCUT2D eigenvalue weighted by Gasteiger charge is -2.29. The smallest absolute Gasteiger partial charge is 0.0547 e. The molecule has 11 rings (SSSR count). The minimum absolute atomic E-state index is 0.281. The van der Waals surface area contributed by atoms with E-state index >= 15 is 0 Å². The van der Waals surface area contributed by atoms with Gasteiger partial charge in [0.05, 0.1) is 11.0 Å². The van der Waals surface area contributed by atoms with E-state index in [1.165, 1.54) is 71.5 Å². The number of para-hydroxylation sites is 2. The minimum atomic E-state index is 0.281. The third-order valence-electron chi connectivity index (χ3n) is 12.2. The van der Waals surface area contributed by atoms with Gasteiger partial charge in [-0.05, 0) is 116 Å². The Bertz CT molecular complexity index is 3250. The van der Waals surface area contributed by atoms with E-state index in [1.54, 1.807) is 0 Å². The molecule has 290 valence electrons. The summed E-state index contributed by atoms with van der Waals surface area (Å²) >= 11 is 2.59. The Hall–Kier alpha value is -6.95. The van der Waals surface area contributed by atoms with Crippen molar-refractivity contribution < 1.29 is 0 Å². The van der Waals surface area contributed by atoms with Crippen molar-refractivity contribution in [2.45, 2.75) is 9.84 Å². The van der Waals surface area contributed by atoms with E-state index in [4.69, 9.17) is 0 Å². The van der Waals surface area contributed by atoms with Crippen LogP contribution in [0.4, 0.5) is 17.1 Å². The molecular formula is C58H41IN2. The van der Waals surface area contributed by atoms with Crippen molar-refractivity contribution in [1.82, 2.24) is 4.57 Å². The topological polar surface area (TPSA) is 8.17 Å². The molecule has 0 fully saturated rings. The Morgan fingerprint density at radius 2 is 1.08 bits per heavy atom. The first-order valence-corrected chi connectivity index (χ1v) is 22.2. The maximum Gasteiger partial charge on any atom is 0.0547 e. The van der Waals surface area contributed by atoms with Gasteiger partial charge < -0.3 is 9.47 Å². The van der Waals surface area contributed by atoms with Crippen molar-refractivity contribution in [3.63, 3.8) is 0 Å². The molecule has 0 spiro atoms. The van der Waals surface area contributed by atoms with Gasteiger partial charge in [0.1, 0.15) is 0 Å². The molecular weight excluding hydrogens is 852 g/mol. The fraction of sp³-hybridized carbons (Fsp3) is 0.0345. The zero-order valence-electron chi connectivity index (χ0n) is 33.4. The first-order valence-electron chi connectivity index (χ1n) is 20.9. The zero-order valence-corrected chi connectivity index (χ0v) is 35.6. The fourth-order valence-corrected chi connectivity index (χ4v) is 10.3. The Labute approximate surface area is 370 Å². The summed E-state index contributed by atoms with van der Waals surface area (Å²) in [6.45, 7) is 0. The van der Waals surface area contributed by atoms with Crippen molar-refractivity contribution in [2.24, 2.45) is 0 Å². The van der Waals surface area contributed by atoms with E-state index in [1.807, 2.05) is 0 Å². The van der Waals surface area contributed by atoms with Crippen LogP contribution in [0.1, 0.15) is 17.0 Å². The highest BCUT2D eigenvalue weighted by atomic mass is 127. The molecule has 1 aliphatic carbocycles. The van der Waals surface area contributed by atoms with Gasteiger partial charge >= 0.3 is 0 Å². The third-order valence-corrected chi connectivity index (χ3v) is 13.3. The molecule has 2 atom stereocenters. The van der Waals surface area contributed by atoms with Crippen LogP contribution in [-0.2, 0) is 0 Å². The summed E-state index contributed by atoms with van der Waals surface area (Å²) in [5.74, 6) is 0.281. The predicted molar refractivity (Wildman–Crippen MR) is 268 cm³/mol. The lowest BCUT2D eigenvalue weighted by Crippen LogP contribution is -2.15. The number of hydrogen-bond acceptors (Lipinski definition) is 1. The Morgan fingerprint density at radius 1 is 0.443 bits per heavy atom. The highest BCUT2D eigenvalue weighted by Gasteiger charge is 2.26. The summed E-state index contributed by atoms with van der Waals surface area (Å²) in [4.78, 5) is 2.40. The largest absolute Gasteiger partial charge is 0.310 e. The molecule has 0 amide bonds. The number of benzene rings is 9. The summed E-state index contributed by atoms with van der Waals surface area (Å²) in [6, 6.07) is 79.7. The van der Waals surface area contributed by atoms with Crippen LogP contribution in [0.2, 0.25) is 0 Å². The minimum Gasteiger partial charge on any atom is -0.310 e. The molecule has 3 heteroatoms. The Balaban J connectivity index is 1.03. The summed E-state index contributed by atoms with van der Waals surface area (Å²) in [7, 11) is 0. The first-order chi connectivity index (χ1) is 30.2. The van der Waals surface area contributed by atoms with Crippen LogP contribution in [0.3, 0.4) is 0 Å². The molecule has 0 bridgehead atoms. The summed E-state index contributed by atoms with van der Waals surface area (Å²) in [6.07, 6.45) is 6.82. The molecule has 2 nitrogen and oxygen atoms in total. The van der Waals surface area contributed by atoms with Crippen molar-refractivity contribution in [3.8, 4) is 27.9 Å². The van der Waals surface area contributed by atoms with Crippen LogP contribution in [-0.4, -0.2) is 8.49 Å². The predicted octanol–water partition coefficient (Wildman–Crippen LogP) is 16.3. The molecule has 61 heavy (non-hydrogen) atoms. The highest BCUT2D eigenvalue weighted by Crippen LogP contribution is 2.44. The number of alkyl halides is 1. The first kappa shape index (κ1) is 37.1. The van der Waals surface area contributed by atoms with Crippen molar-refractivity contribution >= 4 is 77.8 Å². The molecule has 1 aromatic heterocycles. The maximum absolute atomic E-state index is 2.59. The molecule has 0 N–H and O–H groups in total. The van der Waals surface area contributed by atoms with Gasteiger partial charge in [-0.15, -0.1) is 0 Å². The van der Waals surface area contributed by atoms with Gasteiger partial charge in [0, 0.05) is 43.4 Å².